The molecule has 0 radical (unpaired) electrons. The van der Waals surface area contributed by atoms with Crippen molar-refractivity contribution in [2.75, 3.05) is 10.8 Å². The Morgan fingerprint density at radius 3 is 2.37 bits per heavy atom. The number of amides is 1. The van der Waals surface area contributed by atoms with Gasteiger partial charge in [0.1, 0.15) is 6.54 Å². The van der Waals surface area contributed by atoms with Crippen LogP contribution in [0.4, 0.5) is 24.5 Å². The molecular weight excluding hydrogens is 489 g/mol. The topological polar surface area (TPSA) is 122 Å². The van der Waals surface area contributed by atoms with Crippen LogP contribution in [0.5, 0.6) is 0 Å². The number of carbonyl (C=O) groups excluding carboxylic acids is 1. The van der Waals surface area contributed by atoms with Gasteiger partial charge in [-0.2, -0.15) is 18.3 Å². The van der Waals surface area contributed by atoms with E-state index in [2.05, 4.69) is 10.5 Å². The van der Waals surface area contributed by atoms with E-state index in [0.717, 1.165) is 30.5 Å². The maximum Gasteiger partial charge on any atom is 0.416 e. The third-order valence-corrected chi connectivity index (χ3v) is 6.35. The Balaban J connectivity index is 1.85. The second-order valence-electron chi connectivity index (χ2n) is 7.02. The molecule has 0 atom stereocenters. The molecule has 0 unspecified atom stereocenters. The summed E-state index contributed by atoms with van der Waals surface area (Å²) in [6.45, 7) is -0.807. The van der Waals surface area contributed by atoms with Crippen molar-refractivity contribution in [3.05, 3.63) is 100 Å². The van der Waals surface area contributed by atoms with Gasteiger partial charge in [-0.3, -0.25) is 19.2 Å². The van der Waals surface area contributed by atoms with Crippen LogP contribution >= 0.6 is 0 Å². The summed E-state index contributed by atoms with van der Waals surface area (Å²) in [4.78, 5) is 22.8. The number of nitro groups is 1. The standard InChI is InChI=1S/C22H17F3N4O5S/c23-22(24,25)17-7-4-6-16(12-17)14-26-27-21(30)15-28(18-8-5-9-19(13-18)29(31)32)35(33,34)20-10-2-1-3-11-20/h1-14H,15H2,(H,27,30)/b26-14+. The third-order valence-electron chi connectivity index (χ3n) is 4.56. The summed E-state index contributed by atoms with van der Waals surface area (Å²) in [7, 11) is -4.32. The molecule has 0 aliphatic rings. The lowest BCUT2D eigenvalue weighted by molar-refractivity contribution is -0.384. The predicted octanol–water partition coefficient (Wildman–Crippen LogP) is 3.96. The monoisotopic (exact) mass is 506 g/mol. The zero-order valence-corrected chi connectivity index (χ0v) is 18.5. The van der Waals surface area contributed by atoms with Gasteiger partial charge in [-0.05, 0) is 35.9 Å². The molecular formula is C22H17F3N4O5S. The summed E-state index contributed by atoms with van der Waals surface area (Å²) >= 11 is 0. The van der Waals surface area contributed by atoms with E-state index in [1.54, 1.807) is 6.07 Å². The lowest BCUT2D eigenvalue weighted by Gasteiger charge is -2.23. The number of benzene rings is 3. The van der Waals surface area contributed by atoms with Gasteiger partial charge in [0.05, 0.1) is 27.3 Å². The number of nitrogens with zero attached hydrogens (tertiary/aromatic N) is 3. The minimum atomic E-state index is -4.56. The van der Waals surface area contributed by atoms with Gasteiger partial charge in [0.2, 0.25) is 0 Å². The predicted molar refractivity (Wildman–Crippen MR) is 121 cm³/mol. The van der Waals surface area contributed by atoms with Crippen LogP contribution in [0.15, 0.2) is 88.9 Å². The minimum Gasteiger partial charge on any atom is -0.271 e. The SMILES string of the molecule is O=C(CN(c1cccc([N+](=O)[O-])c1)S(=O)(=O)c1ccccc1)N/N=C/c1cccc(C(F)(F)F)c1. The first-order valence-corrected chi connectivity index (χ1v) is 11.2. The van der Waals surface area contributed by atoms with Gasteiger partial charge >= 0.3 is 6.18 Å². The van der Waals surface area contributed by atoms with Gasteiger partial charge < -0.3 is 0 Å². The van der Waals surface area contributed by atoms with Crippen LogP contribution < -0.4 is 9.73 Å². The molecule has 182 valence electrons. The van der Waals surface area contributed by atoms with Gasteiger partial charge in [0, 0.05) is 12.1 Å². The van der Waals surface area contributed by atoms with E-state index in [-0.39, 0.29) is 16.1 Å². The highest BCUT2D eigenvalue weighted by atomic mass is 32.2. The quantitative estimate of drug-likeness (QED) is 0.282. The third kappa shape index (κ3) is 6.41. The lowest BCUT2D eigenvalue weighted by Crippen LogP contribution is -2.39. The number of hydrogen-bond donors (Lipinski definition) is 1. The molecule has 1 amide bonds. The molecule has 3 aromatic carbocycles. The van der Waals surface area contributed by atoms with Crippen molar-refractivity contribution in [3.8, 4) is 0 Å². The van der Waals surface area contributed by atoms with Crippen molar-refractivity contribution in [3.63, 3.8) is 0 Å². The molecule has 35 heavy (non-hydrogen) atoms. The lowest BCUT2D eigenvalue weighted by atomic mass is 10.1. The van der Waals surface area contributed by atoms with Gasteiger partial charge in [0.15, 0.2) is 0 Å². The van der Waals surface area contributed by atoms with Crippen molar-refractivity contribution in [1.82, 2.24) is 5.43 Å². The normalized spacial score (nSPS) is 11.9. The van der Waals surface area contributed by atoms with Crippen LogP contribution in [-0.2, 0) is 21.0 Å². The van der Waals surface area contributed by atoms with Crippen LogP contribution in [0.3, 0.4) is 0 Å². The van der Waals surface area contributed by atoms with Gasteiger partial charge in [-0.25, -0.2) is 13.8 Å². The number of hydrogen-bond acceptors (Lipinski definition) is 6. The first kappa shape index (κ1) is 25.4. The average molecular weight is 506 g/mol. The second kappa shape index (κ2) is 10.3. The minimum absolute atomic E-state index is 0.0487. The molecule has 0 aliphatic carbocycles. The van der Waals surface area contributed by atoms with E-state index in [9.17, 15) is 36.5 Å². The average Bonchev–Trinajstić information content (AvgIpc) is 2.82. The summed E-state index contributed by atoms with van der Waals surface area (Å²) in [5.74, 6) is -0.931. The molecule has 3 aromatic rings. The van der Waals surface area contributed by atoms with E-state index in [0.29, 0.717) is 4.31 Å². The fourth-order valence-corrected chi connectivity index (χ4v) is 4.37. The van der Waals surface area contributed by atoms with Crippen LogP contribution in [-0.4, -0.2) is 32.0 Å². The second-order valence-corrected chi connectivity index (χ2v) is 8.88. The van der Waals surface area contributed by atoms with E-state index in [1.165, 1.54) is 48.5 Å². The molecule has 0 aliphatic heterocycles. The molecule has 0 aromatic heterocycles. The number of nitrogens with one attached hydrogen (secondary N) is 1. The highest BCUT2D eigenvalue weighted by molar-refractivity contribution is 7.92. The molecule has 3 rings (SSSR count). The van der Waals surface area contributed by atoms with Gasteiger partial charge in [-0.1, -0.05) is 36.4 Å². The maximum absolute atomic E-state index is 13.2. The number of hydrazone groups is 1. The van der Waals surface area contributed by atoms with Crippen molar-refractivity contribution >= 4 is 33.5 Å². The van der Waals surface area contributed by atoms with Crippen LogP contribution in [0.1, 0.15) is 11.1 Å². The fraction of sp³-hybridized carbons (Fsp3) is 0.0909. The van der Waals surface area contributed by atoms with E-state index >= 15 is 0 Å². The Bertz CT molecular complexity index is 1360. The molecule has 0 spiro atoms. The maximum atomic E-state index is 13.2. The first-order chi connectivity index (χ1) is 16.5. The van der Waals surface area contributed by atoms with Crippen molar-refractivity contribution in [1.29, 1.82) is 0 Å². The molecule has 0 saturated heterocycles. The summed E-state index contributed by atoms with van der Waals surface area (Å²) in [6.07, 6.45) is -3.59. The van der Waals surface area contributed by atoms with Crippen LogP contribution in [0, 0.1) is 10.1 Å². The van der Waals surface area contributed by atoms with E-state index < -0.39 is 44.8 Å². The molecule has 0 saturated carbocycles. The Labute approximate surface area is 197 Å². The summed E-state index contributed by atoms with van der Waals surface area (Å²) in [6, 6.07) is 16.0. The number of rotatable bonds is 8. The molecule has 0 heterocycles. The van der Waals surface area contributed by atoms with Crippen LogP contribution in [0.25, 0.3) is 0 Å². The number of alkyl halides is 3. The highest BCUT2D eigenvalue weighted by Gasteiger charge is 2.30. The highest BCUT2D eigenvalue weighted by Crippen LogP contribution is 2.29. The molecule has 0 fully saturated rings. The number of sulfonamides is 1. The fourth-order valence-electron chi connectivity index (χ4n) is 2.94. The zero-order chi connectivity index (χ0) is 25.6. The number of carbonyl (C=O) groups is 1. The smallest absolute Gasteiger partial charge is 0.271 e. The number of anilines is 1. The first-order valence-electron chi connectivity index (χ1n) is 9.80. The zero-order valence-electron chi connectivity index (χ0n) is 17.7. The molecule has 0 bridgehead atoms. The van der Waals surface area contributed by atoms with Crippen LogP contribution in [0.2, 0.25) is 0 Å². The number of non-ortho nitro benzene ring substituents is 1. The van der Waals surface area contributed by atoms with Crippen molar-refractivity contribution in [2.45, 2.75) is 11.1 Å². The Morgan fingerprint density at radius 2 is 1.71 bits per heavy atom. The molecule has 1 N–H and O–H groups in total. The Morgan fingerprint density at radius 1 is 1.03 bits per heavy atom. The van der Waals surface area contributed by atoms with E-state index in [4.69, 9.17) is 0 Å². The van der Waals surface area contributed by atoms with E-state index in [1.807, 2.05) is 0 Å². The van der Waals surface area contributed by atoms with Crippen molar-refractivity contribution < 1.29 is 31.3 Å². The molecule has 13 heteroatoms. The molecule has 9 nitrogen and oxygen atoms in total. The number of halogens is 3. The summed E-state index contributed by atoms with van der Waals surface area (Å²) < 4.78 is 65.6. The van der Waals surface area contributed by atoms with Gasteiger partial charge in [0.25, 0.3) is 21.6 Å². The van der Waals surface area contributed by atoms with Gasteiger partial charge in [-0.15, -0.1) is 0 Å². The Kier molecular flexibility index (Phi) is 7.49. The Hall–Kier alpha value is -4.26. The largest absolute Gasteiger partial charge is 0.416 e. The van der Waals surface area contributed by atoms with Crippen molar-refractivity contribution in [2.24, 2.45) is 5.10 Å². The summed E-state index contributed by atoms with van der Waals surface area (Å²) in [5.41, 5.74) is 0.675. The number of nitro benzene ring substituents is 1. The summed E-state index contributed by atoms with van der Waals surface area (Å²) in [5, 5.41) is 14.7.